The minimum atomic E-state index is -0.421. The smallest absolute Gasteiger partial charge is 0.222 e. The summed E-state index contributed by atoms with van der Waals surface area (Å²) in [5, 5.41) is 3.08. The van der Waals surface area contributed by atoms with Crippen molar-refractivity contribution in [1.29, 1.82) is 0 Å². The van der Waals surface area contributed by atoms with Crippen LogP contribution < -0.4 is 5.32 Å². The Morgan fingerprint density at radius 2 is 1.62 bits per heavy atom. The van der Waals surface area contributed by atoms with Crippen molar-refractivity contribution in [2.75, 3.05) is 5.32 Å². The monoisotopic (exact) mass is 217 g/mol. The Kier molecular flexibility index (Phi) is 3.43. The molecule has 0 atom stereocenters. The SMILES string of the molecule is FCc1ccc(CNc2ncccn2)cc1. The second-order valence-electron chi connectivity index (χ2n) is 3.38. The van der Waals surface area contributed by atoms with E-state index in [9.17, 15) is 4.39 Å². The summed E-state index contributed by atoms with van der Waals surface area (Å²) in [7, 11) is 0. The predicted octanol–water partition coefficient (Wildman–Crippen LogP) is 2.56. The van der Waals surface area contributed by atoms with E-state index in [2.05, 4.69) is 15.3 Å². The number of hydrogen-bond acceptors (Lipinski definition) is 3. The van der Waals surface area contributed by atoms with Crippen LogP contribution in [0.2, 0.25) is 0 Å². The van der Waals surface area contributed by atoms with Crippen LogP contribution in [0.3, 0.4) is 0 Å². The first-order chi connectivity index (χ1) is 7.88. The van der Waals surface area contributed by atoms with Crippen LogP contribution in [0.4, 0.5) is 10.3 Å². The molecule has 0 bridgehead atoms. The van der Waals surface area contributed by atoms with Gasteiger partial charge in [0, 0.05) is 18.9 Å². The zero-order valence-corrected chi connectivity index (χ0v) is 8.73. The average Bonchev–Trinajstić information content (AvgIpc) is 2.38. The fourth-order valence-electron chi connectivity index (χ4n) is 1.32. The largest absolute Gasteiger partial charge is 0.350 e. The van der Waals surface area contributed by atoms with Crippen molar-refractivity contribution in [2.45, 2.75) is 13.2 Å². The average molecular weight is 217 g/mol. The first-order valence-corrected chi connectivity index (χ1v) is 5.03. The minimum Gasteiger partial charge on any atom is -0.350 e. The van der Waals surface area contributed by atoms with Gasteiger partial charge < -0.3 is 5.32 Å². The molecule has 1 aromatic carbocycles. The molecule has 0 radical (unpaired) electrons. The highest BCUT2D eigenvalue weighted by Gasteiger charge is 1.96. The third-order valence-corrected chi connectivity index (χ3v) is 2.19. The molecule has 2 rings (SSSR count). The van der Waals surface area contributed by atoms with E-state index in [0.717, 1.165) is 5.56 Å². The van der Waals surface area contributed by atoms with Crippen molar-refractivity contribution in [3.8, 4) is 0 Å². The molecule has 0 amide bonds. The van der Waals surface area contributed by atoms with Crippen LogP contribution in [0.25, 0.3) is 0 Å². The second-order valence-corrected chi connectivity index (χ2v) is 3.38. The van der Waals surface area contributed by atoms with Gasteiger partial charge in [-0.3, -0.25) is 0 Å². The van der Waals surface area contributed by atoms with Gasteiger partial charge >= 0.3 is 0 Å². The van der Waals surface area contributed by atoms with Gasteiger partial charge in [0.25, 0.3) is 0 Å². The Morgan fingerprint density at radius 3 is 2.25 bits per heavy atom. The summed E-state index contributed by atoms with van der Waals surface area (Å²) in [6, 6.07) is 9.11. The highest BCUT2D eigenvalue weighted by molar-refractivity contribution is 5.28. The van der Waals surface area contributed by atoms with Crippen LogP contribution in [0.15, 0.2) is 42.7 Å². The molecule has 0 aliphatic carbocycles. The topological polar surface area (TPSA) is 37.8 Å². The van der Waals surface area contributed by atoms with Crippen molar-refractivity contribution < 1.29 is 4.39 Å². The second kappa shape index (κ2) is 5.21. The molecular formula is C12H12FN3. The molecule has 16 heavy (non-hydrogen) atoms. The summed E-state index contributed by atoms with van der Waals surface area (Å²) < 4.78 is 12.3. The van der Waals surface area contributed by atoms with Crippen molar-refractivity contribution in [2.24, 2.45) is 0 Å². The molecular weight excluding hydrogens is 205 g/mol. The van der Waals surface area contributed by atoms with Gasteiger partial charge in [-0.25, -0.2) is 14.4 Å². The molecule has 0 aliphatic heterocycles. The van der Waals surface area contributed by atoms with E-state index in [1.54, 1.807) is 30.6 Å². The Balaban J connectivity index is 1.94. The normalized spacial score (nSPS) is 10.1. The number of nitrogens with zero attached hydrogens (tertiary/aromatic N) is 2. The maximum Gasteiger partial charge on any atom is 0.222 e. The maximum atomic E-state index is 12.3. The third kappa shape index (κ3) is 2.76. The number of rotatable bonds is 4. The number of alkyl halides is 1. The van der Waals surface area contributed by atoms with Crippen molar-refractivity contribution in [3.05, 3.63) is 53.9 Å². The molecule has 1 heterocycles. The van der Waals surface area contributed by atoms with Crippen LogP contribution in [0.5, 0.6) is 0 Å². The van der Waals surface area contributed by atoms with E-state index < -0.39 is 6.67 Å². The molecule has 0 fully saturated rings. The van der Waals surface area contributed by atoms with Gasteiger partial charge in [-0.05, 0) is 17.2 Å². The van der Waals surface area contributed by atoms with Gasteiger partial charge in [0.2, 0.25) is 5.95 Å². The van der Waals surface area contributed by atoms with Crippen molar-refractivity contribution in [1.82, 2.24) is 9.97 Å². The maximum absolute atomic E-state index is 12.3. The molecule has 2 aromatic rings. The Hall–Kier alpha value is -1.97. The summed E-state index contributed by atoms with van der Waals surface area (Å²) in [4.78, 5) is 8.09. The molecule has 82 valence electrons. The number of halogens is 1. The Labute approximate surface area is 93.4 Å². The van der Waals surface area contributed by atoms with E-state index in [0.29, 0.717) is 18.1 Å². The van der Waals surface area contributed by atoms with Crippen LogP contribution in [-0.2, 0) is 13.2 Å². The van der Waals surface area contributed by atoms with Gasteiger partial charge in [0.05, 0.1) is 0 Å². The fourth-order valence-corrected chi connectivity index (χ4v) is 1.32. The quantitative estimate of drug-likeness (QED) is 0.855. The highest BCUT2D eigenvalue weighted by atomic mass is 19.1. The molecule has 3 nitrogen and oxygen atoms in total. The molecule has 4 heteroatoms. The summed E-state index contributed by atoms with van der Waals surface area (Å²) in [6.45, 7) is 0.214. The zero-order chi connectivity index (χ0) is 11.2. The number of anilines is 1. The molecule has 0 unspecified atom stereocenters. The summed E-state index contributed by atoms with van der Waals surface area (Å²) in [6.07, 6.45) is 3.36. The first kappa shape index (κ1) is 10.5. The van der Waals surface area contributed by atoms with Gasteiger partial charge in [0.15, 0.2) is 0 Å². The third-order valence-electron chi connectivity index (χ3n) is 2.19. The number of hydrogen-bond donors (Lipinski definition) is 1. The van der Waals surface area contributed by atoms with E-state index in [1.165, 1.54) is 0 Å². The lowest BCUT2D eigenvalue weighted by Gasteiger charge is -2.04. The summed E-state index contributed by atoms with van der Waals surface area (Å²) in [5.74, 6) is 0.595. The van der Waals surface area contributed by atoms with Crippen LogP contribution >= 0.6 is 0 Å². The first-order valence-electron chi connectivity index (χ1n) is 5.03. The van der Waals surface area contributed by atoms with Crippen LogP contribution in [0, 0.1) is 0 Å². The lowest BCUT2D eigenvalue weighted by molar-refractivity contribution is 0.485. The Bertz CT molecular complexity index is 428. The van der Waals surface area contributed by atoms with Gasteiger partial charge in [-0.15, -0.1) is 0 Å². The van der Waals surface area contributed by atoms with Gasteiger partial charge in [-0.2, -0.15) is 0 Å². The lowest BCUT2D eigenvalue weighted by atomic mass is 10.1. The summed E-state index contributed by atoms with van der Waals surface area (Å²) >= 11 is 0. The van der Waals surface area contributed by atoms with E-state index in [-0.39, 0.29) is 0 Å². The zero-order valence-electron chi connectivity index (χ0n) is 8.73. The highest BCUT2D eigenvalue weighted by Crippen LogP contribution is 2.07. The van der Waals surface area contributed by atoms with E-state index >= 15 is 0 Å². The number of benzene rings is 1. The Morgan fingerprint density at radius 1 is 1.00 bits per heavy atom. The fraction of sp³-hybridized carbons (Fsp3) is 0.167. The molecule has 1 aromatic heterocycles. The number of nitrogens with one attached hydrogen (secondary N) is 1. The molecule has 1 N–H and O–H groups in total. The standard InChI is InChI=1S/C12H12FN3/c13-8-10-2-4-11(5-3-10)9-16-12-14-6-1-7-15-12/h1-7H,8-9H2,(H,14,15,16). The molecule has 0 aliphatic rings. The lowest BCUT2D eigenvalue weighted by Crippen LogP contribution is -2.02. The van der Waals surface area contributed by atoms with Crippen LogP contribution in [-0.4, -0.2) is 9.97 Å². The molecule has 0 spiro atoms. The molecule has 0 saturated heterocycles. The predicted molar refractivity (Wildman–Crippen MR) is 60.6 cm³/mol. The molecule has 0 saturated carbocycles. The van der Waals surface area contributed by atoms with Crippen molar-refractivity contribution in [3.63, 3.8) is 0 Å². The van der Waals surface area contributed by atoms with E-state index in [1.807, 2.05) is 12.1 Å². The van der Waals surface area contributed by atoms with E-state index in [4.69, 9.17) is 0 Å². The minimum absolute atomic E-state index is 0.421. The summed E-state index contributed by atoms with van der Waals surface area (Å²) in [5.41, 5.74) is 1.77. The van der Waals surface area contributed by atoms with Gasteiger partial charge in [-0.1, -0.05) is 24.3 Å². The van der Waals surface area contributed by atoms with Gasteiger partial charge in [0.1, 0.15) is 6.67 Å². The van der Waals surface area contributed by atoms with Crippen LogP contribution in [0.1, 0.15) is 11.1 Å². The number of aromatic nitrogens is 2. The van der Waals surface area contributed by atoms with Crippen molar-refractivity contribution >= 4 is 5.95 Å².